The normalized spacial score (nSPS) is 16.7. The minimum Gasteiger partial charge on any atom is -0.467 e. The van der Waals surface area contributed by atoms with Gasteiger partial charge in [-0.05, 0) is 12.1 Å². The number of ether oxygens (including phenoxy) is 2. The van der Waals surface area contributed by atoms with Gasteiger partial charge in [-0.15, -0.1) is 13.2 Å². The predicted molar refractivity (Wildman–Crippen MR) is 89.2 cm³/mol. The monoisotopic (exact) mass is 390 g/mol. The Kier molecular flexibility index (Phi) is 6.89. The van der Waals surface area contributed by atoms with Crippen LogP contribution in [0.5, 0.6) is 5.75 Å². The molecule has 0 radical (unpaired) electrons. The average molecular weight is 390 g/mol. The number of carbonyl (C=O) groups is 2. The van der Waals surface area contributed by atoms with E-state index < -0.39 is 18.4 Å². The van der Waals surface area contributed by atoms with Gasteiger partial charge in [-0.25, -0.2) is 4.79 Å². The van der Waals surface area contributed by atoms with Gasteiger partial charge in [0.15, 0.2) is 0 Å². The van der Waals surface area contributed by atoms with E-state index in [1.54, 1.807) is 11.0 Å². The highest BCUT2D eigenvalue weighted by Crippen LogP contribution is 2.27. The molecular formula is C17H21F3N2O5. The zero-order valence-corrected chi connectivity index (χ0v) is 14.7. The van der Waals surface area contributed by atoms with Crippen molar-refractivity contribution < 1.29 is 37.3 Å². The highest BCUT2D eigenvalue weighted by molar-refractivity contribution is 5.85. The molecule has 27 heavy (non-hydrogen) atoms. The number of methoxy groups -OCH3 is 1. The second-order valence-electron chi connectivity index (χ2n) is 5.92. The summed E-state index contributed by atoms with van der Waals surface area (Å²) in [6, 6.07) is 4.60. The number of hydrogen-bond acceptors (Lipinski definition) is 6. The maximum Gasteiger partial charge on any atom is 0.573 e. The molecule has 1 unspecified atom stereocenters. The molecule has 10 heteroatoms. The van der Waals surface area contributed by atoms with E-state index in [1.807, 2.05) is 0 Å². The number of anilines is 1. The Balaban J connectivity index is 2.14. The maximum atomic E-state index is 12.4. The van der Waals surface area contributed by atoms with Crippen LogP contribution < -0.4 is 9.64 Å². The predicted octanol–water partition coefficient (Wildman–Crippen LogP) is 1.55. The van der Waals surface area contributed by atoms with Crippen molar-refractivity contribution >= 4 is 17.6 Å². The fourth-order valence-corrected chi connectivity index (χ4v) is 2.96. The molecule has 2 rings (SSSR count). The van der Waals surface area contributed by atoms with Crippen LogP contribution in [0.2, 0.25) is 0 Å². The smallest absolute Gasteiger partial charge is 0.467 e. The van der Waals surface area contributed by atoms with Crippen LogP contribution in [0.25, 0.3) is 0 Å². The molecule has 0 saturated carbocycles. The number of amides is 1. The van der Waals surface area contributed by atoms with Gasteiger partial charge in [-0.3, -0.25) is 4.79 Å². The van der Waals surface area contributed by atoms with Crippen LogP contribution in [0.15, 0.2) is 24.3 Å². The SMILES string of the molecule is COC(=O)C(CCO)N1CCN(c2cccc(OC(F)(F)F)c2)CCC1=O. The molecule has 0 bridgehead atoms. The molecule has 1 N–H and O–H groups in total. The number of aliphatic hydroxyl groups is 1. The van der Waals surface area contributed by atoms with Crippen LogP contribution in [-0.2, 0) is 14.3 Å². The summed E-state index contributed by atoms with van der Waals surface area (Å²) >= 11 is 0. The van der Waals surface area contributed by atoms with Crippen LogP contribution in [0.3, 0.4) is 0 Å². The molecule has 1 aromatic carbocycles. The summed E-state index contributed by atoms with van der Waals surface area (Å²) in [5.41, 5.74) is 0.475. The molecule has 1 atom stereocenters. The van der Waals surface area contributed by atoms with Crippen LogP contribution >= 0.6 is 0 Å². The van der Waals surface area contributed by atoms with Crippen LogP contribution in [-0.4, -0.2) is 67.6 Å². The van der Waals surface area contributed by atoms with Crippen molar-refractivity contribution in [2.45, 2.75) is 25.2 Å². The quantitative estimate of drug-likeness (QED) is 0.743. The molecule has 1 heterocycles. The Bertz CT molecular complexity index is 668. The lowest BCUT2D eigenvalue weighted by atomic mass is 10.1. The molecule has 1 amide bonds. The molecule has 1 saturated heterocycles. The summed E-state index contributed by atoms with van der Waals surface area (Å²) in [6.07, 6.45) is -4.67. The summed E-state index contributed by atoms with van der Waals surface area (Å²) in [4.78, 5) is 27.4. The molecule has 1 aliphatic heterocycles. The van der Waals surface area contributed by atoms with Gasteiger partial charge in [0.25, 0.3) is 0 Å². The number of carbonyl (C=O) groups excluding carboxylic acids is 2. The lowest BCUT2D eigenvalue weighted by Crippen LogP contribution is -2.47. The third-order valence-electron chi connectivity index (χ3n) is 4.20. The molecule has 1 aliphatic rings. The maximum absolute atomic E-state index is 12.4. The van der Waals surface area contributed by atoms with Crippen LogP contribution in [0, 0.1) is 0 Å². The largest absolute Gasteiger partial charge is 0.573 e. The number of alkyl halides is 3. The second kappa shape index (κ2) is 8.94. The van der Waals surface area contributed by atoms with Crippen LogP contribution in [0.4, 0.5) is 18.9 Å². The van der Waals surface area contributed by atoms with E-state index in [9.17, 15) is 22.8 Å². The van der Waals surface area contributed by atoms with Crippen molar-refractivity contribution in [3.63, 3.8) is 0 Å². The van der Waals surface area contributed by atoms with Gasteiger partial charge in [0.2, 0.25) is 5.91 Å². The van der Waals surface area contributed by atoms with E-state index in [1.165, 1.54) is 30.2 Å². The zero-order chi connectivity index (χ0) is 20.0. The van der Waals surface area contributed by atoms with Crippen molar-refractivity contribution in [3.8, 4) is 5.75 Å². The zero-order valence-electron chi connectivity index (χ0n) is 14.7. The molecular weight excluding hydrogens is 369 g/mol. The first-order valence-electron chi connectivity index (χ1n) is 8.34. The summed E-state index contributed by atoms with van der Waals surface area (Å²) < 4.78 is 45.8. The average Bonchev–Trinajstić information content (AvgIpc) is 2.80. The first-order valence-corrected chi connectivity index (χ1v) is 8.34. The van der Waals surface area contributed by atoms with Gasteiger partial charge in [-0.2, -0.15) is 0 Å². The Hall–Kier alpha value is -2.49. The lowest BCUT2D eigenvalue weighted by molar-refractivity contribution is -0.274. The number of esters is 1. The second-order valence-corrected chi connectivity index (χ2v) is 5.92. The van der Waals surface area contributed by atoms with Gasteiger partial charge in [-0.1, -0.05) is 6.07 Å². The van der Waals surface area contributed by atoms with E-state index in [0.29, 0.717) is 12.2 Å². The highest BCUT2D eigenvalue weighted by atomic mass is 19.4. The van der Waals surface area contributed by atoms with E-state index >= 15 is 0 Å². The van der Waals surface area contributed by atoms with Crippen LogP contribution in [0.1, 0.15) is 12.8 Å². The number of benzene rings is 1. The standard InChI is InChI=1S/C17H21F3N2O5/c1-26-16(25)14(6-10-23)22-9-8-21(7-5-15(22)24)12-3-2-4-13(11-12)27-17(18,19)20/h2-4,11,14,23H,5-10H2,1H3. The van der Waals surface area contributed by atoms with E-state index in [2.05, 4.69) is 4.74 Å². The number of hydrogen-bond donors (Lipinski definition) is 1. The Morgan fingerprint density at radius 2 is 2.04 bits per heavy atom. The minimum atomic E-state index is -4.79. The van der Waals surface area contributed by atoms with Gasteiger partial charge in [0.05, 0.1) is 7.11 Å². The highest BCUT2D eigenvalue weighted by Gasteiger charge is 2.33. The fourth-order valence-electron chi connectivity index (χ4n) is 2.96. The molecule has 7 nitrogen and oxygen atoms in total. The first-order chi connectivity index (χ1) is 12.7. The number of nitrogens with zero attached hydrogens (tertiary/aromatic N) is 2. The summed E-state index contributed by atoms with van der Waals surface area (Å²) in [6.45, 7) is 0.463. The molecule has 0 spiro atoms. The van der Waals surface area contributed by atoms with Crippen molar-refractivity contribution in [2.75, 3.05) is 38.3 Å². The number of aliphatic hydroxyl groups excluding tert-OH is 1. The molecule has 0 aliphatic carbocycles. The van der Waals surface area contributed by atoms with E-state index in [0.717, 1.165) is 0 Å². The topological polar surface area (TPSA) is 79.3 Å². The molecule has 1 aromatic rings. The van der Waals surface area contributed by atoms with Crippen molar-refractivity contribution in [1.29, 1.82) is 0 Å². The Morgan fingerprint density at radius 3 is 2.67 bits per heavy atom. The Morgan fingerprint density at radius 1 is 1.30 bits per heavy atom. The van der Waals surface area contributed by atoms with Gasteiger partial charge >= 0.3 is 12.3 Å². The Labute approximate surface area is 154 Å². The third-order valence-corrected chi connectivity index (χ3v) is 4.20. The van der Waals surface area contributed by atoms with Crippen molar-refractivity contribution in [2.24, 2.45) is 0 Å². The lowest BCUT2D eigenvalue weighted by Gasteiger charge is -2.29. The number of rotatable bonds is 6. The summed E-state index contributed by atoms with van der Waals surface area (Å²) in [5, 5.41) is 9.16. The van der Waals surface area contributed by atoms with E-state index in [-0.39, 0.29) is 44.2 Å². The molecule has 150 valence electrons. The summed E-state index contributed by atoms with van der Waals surface area (Å²) in [5.74, 6) is -1.25. The minimum absolute atomic E-state index is 0.0489. The fraction of sp³-hybridized carbons (Fsp3) is 0.529. The summed E-state index contributed by atoms with van der Waals surface area (Å²) in [7, 11) is 1.20. The number of halogens is 3. The van der Waals surface area contributed by atoms with Gasteiger partial charge in [0, 0.05) is 50.8 Å². The van der Waals surface area contributed by atoms with Gasteiger partial charge < -0.3 is 24.4 Å². The van der Waals surface area contributed by atoms with Gasteiger partial charge in [0.1, 0.15) is 11.8 Å². The van der Waals surface area contributed by atoms with Crippen molar-refractivity contribution in [3.05, 3.63) is 24.3 Å². The molecule has 1 fully saturated rings. The van der Waals surface area contributed by atoms with Crippen molar-refractivity contribution in [1.82, 2.24) is 4.90 Å². The van der Waals surface area contributed by atoms with E-state index in [4.69, 9.17) is 9.84 Å². The first kappa shape index (κ1) is 20.8. The molecule has 0 aromatic heterocycles. The third kappa shape index (κ3) is 5.75.